The van der Waals surface area contributed by atoms with Crippen molar-refractivity contribution in [1.82, 2.24) is 4.90 Å². The number of rotatable bonds is 3. The Morgan fingerprint density at radius 2 is 1.64 bits per heavy atom. The van der Waals surface area contributed by atoms with Crippen molar-refractivity contribution >= 4 is 0 Å². The molecule has 2 nitrogen and oxygen atoms in total. The maximum absolute atomic E-state index is 11.3. The maximum Gasteiger partial charge on any atom is 0.0940 e. The zero-order chi connectivity index (χ0) is 15.0. The molecule has 2 heteroatoms. The van der Waals surface area contributed by atoms with E-state index in [1.807, 2.05) is 18.2 Å². The Hall–Kier alpha value is -1.64. The third-order valence-corrected chi connectivity index (χ3v) is 5.55. The van der Waals surface area contributed by atoms with Crippen molar-refractivity contribution in [3.63, 3.8) is 0 Å². The van der Waals surface area contributed by atoms with Crippen molar-refractivity contribution in [2.45, 2.75) is 25.0 Å². The summed E-state index contributed by atoms with van der Waals surface area (Å²) in [5.41, 5.74) is 1.84. The minimum Gasteiger partial charge on any atom is -0.385 e. The fourth-order valence-electron chi connectivity index (χ4n) is 4.44. The first-order valence-electron chi connectivity index (χ1n) is 8.30. The number of aliphatic hydroxyl groups is 1. The molecule has 0 aromatic heterocycles. The Bertz CT molecular complexity index is 627. The van der Waals surface area contributed by atoms with E-state index >= 15 is 0 Å². The average Bonchev–Trinajstić information content (AvgIpc) is 3.10. The highest BCUT2D eigenvalue weighted by Crippen LogP contribution is 2.50. The Morgan fingerprint density at radius 3 is 2.36 bits per heavy atom. The number of nitrogens with zero attached hydrogens (tertiary/aromatic N) is 1. The first-order valence-corrected chi connectivity index (χ1v) is 8.30. The summed E-state index contributed by atoms with van der Waals surface area (Å²) >= 11 is 0. The average molecular weight is 293 g/mol. The van der Waals surface area contributed by atoms with Gasteiger partial charge in [-0.05, 0) is 29.9 Å². The standard InChI is InChI=1S/C20H23NO/c22-20(18-9-5-2-6-10-18)12-11-17-14-21(15-19(17)20)13-16-7-3-1-4-8-16/h1-10,17,19,22H,11-15H2/t17-,19+,20+/m1/s1. The van der Waals surface area contributed by atoms with Gasteiger partial charge in [0.05, 0.1) is 5.60 Å². The van der Waals surface area contributed by atoms with Gasteiger partial charge in [-0.1, -0.05) is 60.7 Å². The molecule has 2 aromatic rings. The van der Waals surface area contributed by atoms with E-state index in [1.54, 1.807) is 0 Å². The van der Waals surface area contributed by atoms with E-state index in [2.05, 4.69) is 47.4 Å². The lowest BCUT2D eigenvalue weighted by atomic mass is 9.82. The highest BCUT2D eigenvalue weighted by molar-refractivity contribution is 5.26. The van der Waals surface area contributed by atoms with Crippen LogP contribution in [0.1, 0.15) is 24.0 Å². The Labute approximate surface area is 132 Å². The molecule has 1 heterocycles. The van der Waals surface area contributed by atoms with Crippen LogP contribution in [0.25, 0.3) is 0 Å². The second kappa shape index (κ2) is 5.53. The quantitative estimate of drug-likeness (QED) is 0.937. The summed E-state index contributed by atoms with van der Waals surface area (Å²) in [6.45, 7) is 3.12. The van der Waals surface area contributed by atoms with Crippen molar-refractivity contribution in [2.24, 2.45) is 11.8 Å². The van der Waals surface area contributed by atoms with Gasteiger partial charge in [-0.25, -0.2) is 0 Å². The first kappa shape index (κ1) is 14.0. The van der Waals surface area contributed by atoms with E-state index in [0.29, 0.717) is 11.8 Å². The molecule has 1 saturated heterocycles. The molecule has 0 bridgehead atoms. The number of hydrogen-bond donors (Lipinski definition) is 1. The van der Waals surface area contributed by atoms with Gasteiger partial charge < -0.3 is 5.11 Å². The van der Waals surface area contributed by atoms with E-state index in [-0.39, 0.29) is 0 Å². The topological polar surface area (TPSA) is 23.5 Å². The second-order valence-electron chi connectivity index (χ2n) is 6.88. The van der Waals surface area contributed by atoms with Gasteiger partial charge in [0.2, 0.25) is 0 Å². The fourth-order valence-corrected chi connectivity index (χ4v) is 4.44. The van der Waals surface area contributed by atoms with Gasteiger partial charge >= 0.3 is 0 Å². The molecule has 0 radical (unpaired) electrons. The summed E-state index contributed by atoms with van der Waals surface area (Å²) in [7, 11) is 0. The molecule has 0 spiro atoms. The van der Waals surface area contributed by atoms with Crippen molar-refractivity contribution in [1.29, 1.82) is 0 Å². The van der Waals surface area contributed by atoms with E-state index in [4.69, 9.17) is 0 Å². The molecule has 2 aliphatic rings. The van der Waals surface area contributed by atoms with E-state index in [0.717, 1.165) is 38.0 Å². The Morgan fingerprint density at radius 1 is 0.955 bits per heavy atom. The first-order chi connectivity index (χ1) is 10.8. The zero-order valence-corrected chi connectivity index (χ0v) is 12.9. The van der Waals surface area contributed by atoms with Gasteiger partial charge in [-0.2, -0.15) is 0 Å². The van der Waals surface area contributed by atoms with Crippen LogP contribution < -0.4 is 0 Å². The molecule has 1 aliphatic carbocycles. The SMILES string of the molecule is O[C@]1(c2ccccc2)CC[C@@H]2CN(Cc3ccccc3)C[C@@H]21. The molecule has 22 heavy (non-hydrogen) atoms. The van der Waals surface area contributed by atoms with Crippen LogP contribution in [0, 0.1) is 11.8 Å². The third-order valence-electron chi connectivity index (χ3n) is 5.55. The van der Waals surface area contributed by atoms with Gasteiger partial charge in [0.25, 0.3) is 0 Å². The summed E-state index contributed by atoms with van der Waals surface area (Å²) < 4.78 is 0. The predicted octanol–water partition coefficient (Wildman–Crippen LogP) is 3.42. The molecule has 1 aliphatic heterocycles. The van der Waals surface area contributed by atoms with Crippen LogP contribution in [-0.4, -0.2) is 23.1 Å². The fraction of sp³-hybridized carbons (Fsp3) is 0.400. The van der Waals surface area contributed by atoms with E-state index in [1.165, 1.54) is 5.56 Å². The van der Waals surface area contributed by atoms with Crippen LogP contribution in [0.3, 0.4) is 0 Å². The summed E-state index contributed by atoms with van der Waals surface area (Å²) in [4.78, 5) is 2.51. The van der Waals surface area contributed by atoms with Crippen LogP contribution in [0.5, 0.6) is 0 Å². The molecule has 0 unspecified atom stereocenters. The molecule has 2 fully saturated rings. The van der Waals surface area contributed by atoms with Crippen molar-refractivity contribution in [3.05, 3.63) is 71.8 Å². The smallest absolute Gasteiger partial charge is 0.0940 e. The van der Waals surface area contributed by atoms with Crippen LogP contribution in [0.2, 0.25) is 0 Å². The molecular formula is C20H23NO. The van der Waals surface area contributed by atoms with Crippen LogP contribution in [-0.2, 0) is 12.1 Å². The highest BCUT2D eigenvalue weighted by Gasteiger charge is 2.52. The molecule has 4 rings (SSSR count). The van der Waals surface area contributed by atoms with Crippen LogP contribution >= 0.6 is 0 Å². The third kappa shape index (κ3) is 2.37. The van der Waals surface area contributed by atoms with Crippen molar-refractivity contribution in [2.75, 3.05) is 13.1 Å². The van der Waals surface area contributed by atoms with Gasteiger partial charge in [-0.3, -0.25) is 4.90 Å². The molecule has 2 aromatic carbocycles. The molecular weight excluding hydrogens is 270 g/mol. The molecule has 1 saturated carbocycles. The molecule has 3 atom stereocenters. The lowest BCUT2D eigenvalue weighted by molar-refractivity contribution is -0.00682. The number of fused-ring (bicyclic) bond motifs is 1. The highest BCUT2D eigenvalue weighted by atomic mass is 16.3. The normalized spacial score (nSPS) is 31.3. The summed E-state index contributed by atoms with van der Waals surface area (Å²) in [6, 6.07) is 20.9. The summed E-state index contributed by atoms with van der Waals surface area (Å²) in [5, 5.41) is 11.3. The largest absolute Gasteiger partial charge is 0.385 e. The number of benzene rings is 2. The number of likely N-dealkylation sites (tertiary alicyclic amines) is 1. The van der Waals surface area contributed by atoms with Crippen molar-refractivity contribution < 1.29 is 5.11 Å². The molecule has 0 amide bonds. The number of hydrogen-bond acceptors (Lipinski definition) is 2. The monoisotopic (exact) mass is 293 g/mol. The summed E-state index contributed by atoms with van der Waals surface area (Å²) in [5.74, 6) is 1.01. The second-order valence-corrected chi connectivity index (χ2v) is 6.88. The van der Waals surface area contributed by atoms with E-state index < -0.39 is 5.60 Å². The minimum absolute atomic E-state index is 0.374. The lowest BCUT2D eigenvalue weighted by Gasteiger charge is -2.31. The Balaban J connectivity index is 1.52. The summed E-state index contributed by atoms with van der Waals surface area (Å²) in [6.07, 6.45) is 2.05. The van der Waals surface area contributed by atoms with Gasteiger partial charge in [0, 0.05) is 25.6 Å². The van der Waals surface area contributed by atoms with Crippen molar-refractivity contribution in [3.8, 4) is 0 Å². The molecule has 1 N–H and O–H groups in total. The maximum atomic E-state index is 11.3. The van der Waals surface area contributed by atoms with Gasteiger partial charge in [-0.15, -0.1) is 0 Å². The lowest BCUT2D eigenvalue weighted by Crippen LogP contribution is -2.34. The van der Waals surface area contributed by atoms with Gasteiger partial charge in [0.1, 0.15) is 0 Å². The predicted molar refractivity (Wildman–Crippen MR) is 88.3 cm³/mol. The van der Waals surface area contributed by atoms with Crippen LogP contribution in [0.15, 0.2) is 60.7 Å². The zero-order valence-electron chi connectivity index (χ0n) is 12.9. The Kier molecular flexibility index (Phi) is 3.51. The van der Waals surface area contributed by atoms with E-state index in [9.17, 15) is 5.11 Å². The molecule has 114 valence electrons. The van der Waals surface area contributed by atoms with Crippen LogP contribution in [0.4, 0.5) is 0 Å². The minimum atomic E-state index is -0.628. The van der Waals surface area contributed by atoms with Gasteiger partial charge in [0.15, 0.2) is 0 Å².